The monoisotopic (exact) mass is 372 g/mol. The number of nitrogens with zero attached hydrogens (tertiary/aromatic N) is 5. The molecule has 0 fully saturated rings. The molecule has 1 aromatic carbocycles. The Kier molecular flexibility index (Phi) is 5.01. The highest BCUT2D eigenvalue weighted by molar-refractivity contribution is 5.94. The van der Waals surface area contributed by atoms with Crippen LogP contribution in [-0.4, -0.2) is 30.9 Å². The van der Waals surface area contributed by atoms with Crippen LogP contribution in [0.25, 0.3) is 5.69 Å². The van der Waals surface area contributed by atoms with Crippen LogP contribution in [0.5, 0.6) is 11.6 Å². The van der Waals surface area contributed by atoms with Crippen molar-refractivity contribution in [2.45, 2.75) is 6.54 Å². The standard InChI is InChI=1S/C20H16N6O2/c27-20(15-4-3-5-18(12-15)28-19-6-1-2-9-22-19)23-13-16-14-26(25-24-16)17-7-10-21-11-8-17/h1-12,14H,13H2,(H,23,27). The molecule has 0 aliphatic rings. The third-order valence-electron chi connectivity index (χ3n) is 3.85. The minimum Gasteiger partial charge on any atom is -0.439 e. The Labute approximate surface area is 160 Å². The molecule has 0 bridgehead atoms. The maximum atomic E-state index is 12.5. The fraction of sp³-hybridized carbons (Fsp3) is 0.0500. The average molecular weight is 372 g/mol. The van der Waals surface area contributed by atoms with Gasteiger partial charge in [-0.25, -0.2) is 9.67 Å². The summed E-state index contributed by atoms with van der Waals surface area (Å²) in [5.74, 6) is 0.771. The first-order valence-electron chi connectivity index (χ1n) is 8.57. The lowest BCUT2D eigenvalue weighted by Gasteiger charge is -2.07. The van der Waals surface area contributed by atoms with Crippen molar-refractivity contribution in [3.63, 3.8) is 0 Å². The molecule has 3 aromatic heterocycles. The number of pyridine rings is 2. The minimum atomic E-state index is -0.232. The van der Waals surface area contributed by atoms with Crippen LogP contribution in [0.3, 0.4) is 0 Å². The lowest BCUT2D eigenvalue weighted by Crippen LogP contribution is -2.22. The quantitative estimate of drug-likeness (QED) is 0.559. The van der Waals surface area contributed by atoms with Gasteiger partial charge in [-0.3, -0.25) is 9.78 Å². The zero-order valence-corrected chi connectivity index (χ0v) is 14.8. The number of nitrogens with one attached hydrogen (secondary N) is 1. The molecular formula is C20H16N6O2. The summed E-state index contributed by atoms with van der Waals surface area (Å²) in [5.41, 5.74) is 1.97. The van der Waals surface area contributed by atoms with Gasteiger partial charge in [-0.15, -0.1) is 5.10 Å². The van der Waals surface area contributed by atoms with Crippen molar-refractivity contribution in [1.29, 1.82) is 0 Å². The summed E-state index contributed by atoms with van der Waals surface area (Å²) in [5, 5.41) is 11.0. The predicted molar refractivity (Wildman–Crippen MR) is 101 cm³/mol. The number of amides is 1. The number of carbonyl (C=O) groups excluding carboxylic acids is 1. The van der Waals surface area contributed by atoms with E-state index in [0.29, 0.717) is 22.9 Å². The van der Waals surface area contributed by atoms with Crippen LogP contribution in [0, 0.1) is 0 Å². The predicted octanol–water partition coefficient (Wildman–Crippen LogP) is 2.78. The minimum absolute atomic E-state index is 0.232. The topological polar surface area (TPSA) is 94.8 Å². The molecule has 0 aliphatic carbocycles. The Morgan fingerprint density at radius 3 is 2.75 bits per heavy atom. The van der Waals surface area contributed by atoms with Crippen LogP contribution >= 0.6 is 0 Å². The highest BCUT2D eigenvalue weighted by atomic mass is 16.5. The zero-order chi connectivity index (χ0) is 19.2. The van der Waals surface area contributed by atoms with Crippen molar-refractivity contribution in [1.82, 2.24) is 30.3 Å². The molecule has 0 aliphatic heterocycles. The van der Waals surface area contributed by atoms with Gasteiger partial charge in [-0.2, -0.15) is 0 Å². The molecule has 8 heteroatoms. The van der Waals surface area contributed by atoms with Gasteiger partial charge in [-0.05, 0) is 36.4 Å². The molecule has 1 N–H and O–H groups in total. The molecule has 0 radical (unpaired) electrons. The summed E-state index contributed by atoms with van der Waals surface area (Å²) >= 11 is 0. The lowest BCUT2D eigenvalue weighted by atomic mass is 10.2. The number of benzene rings is 1. The van der Waals surface area contributed by atoms with Crippen LogP contribution < -0.4 is 10.1 Å². The summed E-state index contributed by atoms with van der Waals surface area (Å²) in [7, 11) is 0. The maximum Gasteiger partial charge on any atom is 0.251 e. The number of aromatic nitrogens is 5. The second kappa shape index (κ2) is 8.09. The first-order chi connectivity index (χ1) is 13.8. The van der Waals surface area contributed by atoms with Crippen LogP contribution in [0.15, 0.2) is 79.4 Å². The van der Waals surface area contributed by atoms with Crippen LogP contribution in [0.4, 0.5) is 0 Å². The van der Waals surface area contributed by atoms with Crippen molar-refractivity contribution >= 4 is 5.91 Å². The first-order valence-corrected chi connectivity index (χ1v) is 8.57. The Hall–Kier alpha value is -4.07. The SMILES string of the molecule is O=C(NCc1cn(-c2ccncc2)nn1)c1cccc(Oc2ccccn2)c1. The van der Waals surface area contributed by atoms with E-state index in [1.807, 2.05) is 24.3 Å². The number of ether oxygens (including phenoxy) is 1. The van der Waals surface area contributed by atoms with E-state index < -0.39 is 0 Å². The molecule has 0 spiro atoms. The Balaban J connectivity index is 1.39. The molecule has 138 valence electrons. The summed E-state index contributed by atoms with van der Waals surface area (Å²) < 4.78 is 7.29. The van der Waals surface area contributed by atoms with E-state index in [9.17, 15) is 4.79 Å². The third kappa shape index (κ3) is 4.18. The van der Waals surface area contributed by atoms with Gasteiger partial charge in [0.15, 0.2) is 0 Å². The van der Waals surface area contributed by atoms with Crippen LogP contribution in [0.1, 0.15) is 16.1 Å². The first kappa shape index (κ1) is 17.3. The normalized spacial score (nSPS) is 10.4. The van der Waals surface area contributed by atoms with E-state index in [1.165, 1.54) is 0 Å². The Bertz CT molecular complexity index is 1070. The summed E-state index contributed by atoms with van der Waals surface area (Å²) in [6.07, 6.45) is 6.76. The van der Waals surface area contributed by atoms with Gasteiger partial charge in [0.1, 0.15) is 11.4 Å². The van der Waals surface area contributed by atoms with Gasteiger partial charge in [-0.1, -0.05) is 17.3 Å². The maximum absolute atomic E-state index is 12.5. The molecular weight excluding hydrogens is 356 g/mol. The fourth-order valence-corrected chi connectivity index (χ4v) is 2.50. The van der Waals surface area contributed by atoms with E-state index in [0.717, 1.165) is 5.69 Å². The molecule has 3 heterocycles. The smallest absolute Gasteiger partial charge is 0.251 e. The van der Waals surface area contributed by atoms with Crippen molar-refractivity contribution in [2.24, 2.45) is 0 Å². The molecule has 4 rings (SSSR count). The molecule has 0 saturated heterocycles. The summed E-state index contributed by atoms with van der Waals surface area (Å²) in [6, 6.07) is 15.9. The van der Waals surface area contributed by atoms with E-state index >= 15 is 0 Å². The highest BCUT2D eigenvalue weighted by Crippen LogP contribution is 2.20. The lowest BCUT2D eigenvalue weighted by molar-refractivity contribution is 0.0950. The highest BCUT2D eigenvalue weighted by Gasteiger charge is 2.09. The van der Waals surface area contributed by atoms with Crippen LogP contribution in [-0.2, 0) is 6.54 Å². The second-order valence-corrected chi connectivity index (χ2v) is 5.84. The van der Waals surface area contributed by atoms with Gasteiger partial charge in [0.25, 0.3) is 5.91 Å². The average Bonchev–Trinajstić information content (AvgIpc) is 3.23. The van der Waals surface area contributed by atoms with Crippen molar-refractivity contribution in [2.75, 3.05) is 0 Å². The fourth-order valence-electron chi connectivity index (χ4n) is 2.50. The Morgan fingerprint density at radius 1 is 1.04 bits per heavy atom. The zero-order valence-electron chi connectivity index (χ0n) is 14.8. The number of carbonyl (C=O) groups is 1. The summed E-state index contributed by atoms with van der Waals surface area (Å²) in [6.45, 7) is 0.259. The number of hydrogen-bond donors (Lipinski definition) is 1. The van der Waals surface area contributed by atoms with Crippen molar-refractivity contribution < 1.29 is 9.53 Å². The third-order valence-corrected chi connectivity index (χ3v) is 3.85. The van der Waals surface area contributed by atoms with Gasteiger partial charge >= 0.3 is 0 Å². The second-order valence-electron chi connectivity index (χ2n) is 5.84. The van der Waals surface area contributed by atoms with E-state index in [4.69, 9.17) is 4.74 Å². The van der Waals surface area contributed by atoms with Gasteiger partial charge < -0.3 is 10.1 Å². The number of hydrogen-bond acceptors (Lipinski definition) is 6. The largest absolute Gasteiger partial charge is 0.439 e. The molecule has 0 saturated carbocycles. The molecule has 4 aromatic rings. The molecule has 28 heavy (non-hydrogen) atoms. The van der Waals surface area contributed by atoms with E-state index in [2.05, 4.69) is 25.6 Å². The molecule has 1 amide bonds. The number of rotatable bonds is 6. The molecule has 0 unspecified atom stereocenters. The Morgan fingerprint density at radius 2 is 1.93 bits per heavy atom. The van der Waals surface area contributed by atoms with Crippen molar-refractivity contribution in [3.8, 4) is 17.3 Å². The summed E-state index contributed by atoms with van der Waals surface area (Å²) in [4.78, 5) is 20.5. The van der Waals surface area contributed by atoms with Gasteiger partial charge in [0.2, 0.25) is 5.88 Å². The van der Waals surface area contributed by atoms with Gasteiger partial charge in [0, 0.05) is 30.2 Å². The van der Waals surface area contributed by atoms with E-state index in [1.54, 1.807) is 59.8 Å². The van der Waals surface area contributed by atoms with Gasteiger partial charge in [0.05, 0.1) is 18.4 Å². The van der Waals surface area contributed by atoms with Crippen LogP contribution in [0.2, 0.25) is 0 Å². The van der Waals surface area contributed by atoms with E-state index in [-0.39, 0.29) is 12.5 Å². The molecule has 0 atom stereocenters. The molecule has 8 nitrogen and oxygen atoms in total. The van der Waals surface area contributed by atoms with Crippen molar-refractivity contribution in [3.05, 3.63) is 90.6 Å².